The third-order valence-corrected chi connectivity index (χ3v) is 9.57. The van der Waals surface area contributed by atoms with E-state index in [9.17, 15) is 18.0 Å². The molecule has 1 unspecified atom stereocenters. The van der Waals surface area contributed by atoms with E-state index in [1.165, 1.54) is 37.3 Å². The van der Waals surface area contributed by atoms with E-state index in [-0.39, 0.29) is 35.2 Å². The van der Waals surface area contributed by atoms with Crippen molar-refractivity contribution in [2.75, 3.05) is 32.2 Å². The molecule has 0 radical (unpaired) electrons. The molecular weight excluding hydrogens is 642 g/mol. The van der Waals surface area contributed by atoms with Crippen molar-refractivity contribution in [1.82, 2.24) is 10.2 Å². The third-order valence-electron chi connectivity index (χ3n) is 7.80. The van der Waals surface area contributed by atoms with Gasteiger partial charge in [-0.05, 0) is 75.2 Å². The summed E-state index contributed by atoms with van der Waals surface area (Å²) in [6.07, 6.45) is 0.200. The minimum absolute atomic E-state index is 0.0171. The molecule has 0 aliphatic rings. The van der Waals surface area contributed by atoms with Crippen LogP contribution in [0, 0.1) is 6.92 Å². The molecule has 0 heterocycles. The van der Waals surface area contributed by atoms with Crippen LogP contribution >= 0.6 is 0 Å². The number of hydrogen-bond donors (Lipinski definition) is 1. The number of sulfonamides is 1. The van der Waals surface area contributed by atoms with Crippen molar-refractivity contribution in [3.63, 3.8) is 0 Å². The van der Waals surface area contributed by atoms with E-state index in [4.69, 9.17) is 14.2 Å². The maximum absolute atomic E-state index is 14.7. The monoisotopic (exact) mass is 687 g/mol. The zero-order valence-electron chi connectivity index (χ0n) is 29.1. The molecule has 10 nitrogen and oxygen atoms in total. The zero-order chi connectivity index (χ0) is 35.8. The molecule has 49 heavy (non-hydrogen) atoms. The fourth-order valence-corrected chi connectivity index (χ4v) is 6.75. The van der Waals surface area contributed by atoms with Crippen LogP contribution < -0.4 is 23.8 Å². The molecule has 260 valence electrons. The van der Waals surface area contributed by atoms with Crippen molar-refractivity contribution in [3.05, 3.63) is 114 Å². The number of rotatable bonds is 14. The number of anilines is 1. The van der Waals surface area contributed by atoms with Crippen molar-refractivity contribution < 1.29 is 32.2 Å². The van der Waals surface area contributed by atoms with Gasteiger partial charge in [-0.2, -0.15) is 0 Å². The minimum Gasteiger partial charge on any atom is -0.497 e. The maximum atomic E-state index is 14.7. The Hall–Kier alpha value is -5.03. The van der Waals surface area contributed by atoms with E-state index in [0.717, 1.165) is 15.4 Å². The molecule has 11 heteroatoms. The Labute approximate surface area is 289 Å². The van der Waals surface area contributed by atoms with E-state index in [1.807, 2.05) is 64.1 Å². The van der Waals surface area contributed by atoms with Crippen molar-refractivity contribution in [1.29, 1.82) is 0 Å². The number of amides is 2. The van der Waals surface area contributed by atoms with Gasteiger partial charge in [-0.15, -0.1) is 0 Å². The van der Waals surface area contributed by atoms with Gasteiger partial charge < -0.3 is 24.4 Å². The molecule has 4 rings (SSSR count). The average molecular weight is 688 g/mol. The van der Waals surface area contributed by atoms with Crippen LogP contribution in [-0.4, -0.2) is 64.6 Å². The molecule has 0 fully saturated rings. The largest absolute Gasteiger partial charge is 0.497 e. The second kappa shape index (κ2) is 15.9. The number of aryl methyl sites for hydroxylation is 1. The molecular formula is C38H45N3O7S. The number of nitrogens with one attached hydrogen (secondary N) is 1. The number of methoxy groups -OCH3 is 3. The maximum Gasteiger partial charge on any atom is 0.264 e. The van der Waals surface area contributed by atoms with Gasteiger partial charge in [0.05, 0.1) is 31.9 Å². The first-order chi connectivity index (χ1) is 23.2. The Bertz CT molecular complexity index is 1840. The molecule has 0 aliphatic heterocycles. The molecule has 0 bridgehead atoms. The molecule has 4 aromatic carbocycles. The molecule has 0 saturated heterocycles. The van der Waals surface area contributed by atoms with Gasteiger partial charge in [0.25, 0.3) is 10.0 Å². The highest BCUT2D eigenvalue weighted by Crippen LogP contribution is 2.32. The van der Waals surface area contributed by atoms with E-state index >= 15 is 0 Å². The van der Waals surface area contributed by atoms with Gasteiger partial charge in [0.1, 0.15) is 18.3 Å². The quantitative estimate of drug-likeness (QED) is 0.179. The van der Waals surface area contributed by atoms with Gasteiger partial charge >= 0.3 is 0 Å². The molecule has 2 amide bonds. The topological polar surface area (TPSA) is 114 Å². The number of carbonyl (C=O) groups is 2. The summed E-state index contributed by atoms with van der Waals surface area (Å²) in [6.45, 7) is 6.93. The van der Waals surface area contributed by atoms with Crippen LogP contribution in [-0.2, 0) is 32.6 Å². The number of benzene rings is 4. The van der Waals surface area contributed by atoms with Gasteiger partial charge in [0.2, 0.25) is 11.8 Å². The lowest BCUT2D eigenvalue weighted by Gasteiger charge is -2.35. The van der Waals surface area contributed by atoms with Gasteiger partial charge in [-0.3, -0.25) is 13.9 Å². The average Bonchev–Trinajstić information content (AvgIpc) is 3.08. The van der Waals surface area contributed by atoms with Crippen molar-refractivity contribution in [2.45, 2.75) is 57.1 Å². The summed E-state index contributed by atoms with van der Waals surface area (Å²) in [7, 11) is 0.0889. The van der Waals surface area contributed by atoms with E-state index in [0.29, 0.717) is 17.1 Å². The van der Waals surface area contributed by atoms with Gasteiger partial charge in [0.15, 0.2) is 11.5 Å². The van der Waals surface area contributed by atoms with Crippen molar-refractivity contribution in [3.8, 4) is 17.2 Å². The second-order valence-corrected chi connectivity index (χ2v) is 14.5. The fourth-order valence-electron chi connectivity index (χ4n) is 5.32. The lowest BCUT2D eigenvalue weighted by molar-refractivity contribution is -0.140. The summed E-state index contributed by atoms with van der Waals surface area (Å²) in [5, 5.41) is 3.04. The van der Waals surface area contributed by atoms with Crippen LogP contribution in [0.4, 0.5) is 5.69 Å². The Morgan fingerprint density at radius 1 is 0.776 bits per heavy atom. The molecule has 1 N–H and O–H groups in total. The predicted molar refractivity (Wildman–Crippen MR) is 191 cm³/mol. The van der Waals surface area contributed by atoms with Crippen molar-refractivity contribution in [2.24, 2.45) is 0 Å². The SMILES string of the molecule is COc1cccc(CN(C(=O)CN(c2ccc(C)cc2)S(=O)(=O)c2ccc(OC)c(OC)c2)C(Cc2ccccc2)C(=O)NC(C)(C)C)c1. The van der Waals surface area contributed by atoms with E-state index in [2.05, 4.69) is 5.32 Å². The van der Waals surface area contributed by atoms with Crippen LogP contribution in [0.1, 0.15) is 37.5 Å². The minimum atomic E-state index is -4.34. The number of hydrogen-bond acceptors (Lipinski definition) is 7. The smallest absolute Gasteiger partial charge is 0.264 e. The van der Waals surface area contributed by atoms with Gasteiger partial charge in [-0.25, -0.2) is 8.42 Å². The predicted octanol–water partition coefficient (Wildman–Crippen LogP) is 5.77. The Balaban J connectivity index is 1.85. The summed E-state index contributed by atoms with van der Waals surface area (Å²) in [5.74, 6) is 0.230. The normalized spacial score (nSPS) is 12.1. The summed E-state index contributed by atoms with van der Waals surface area (Å²) < 4.78 is 46.1. The zero-order valence-corrected chi connectivity index (χ0v) is 29.9. The second-order valence-electron chi connectivity index (χ2n) is 12.7. The lowest BCUT2D eigenvalue weighted by Crippen LogP contribution is -2.56. The van der Waals surface area contributed by atoms with Crippen LogP contribution in [0.15, 0.2) is 102 Å². The number of nitrogens with zero attached hydrogens (tertiary/aromatic N) is 2. The highest BCUT2D eigenvalue weighted by molar-refractivity contribution is 7.92. The van der Waals surface area contributed by atoms with Crippen molar-refractivity contribution >= 4 is 27.5 Å². The highest BCUT2D eigenvalue weighted by atomic mass is 32.2. The van der Waals surface area contributed by atoms with E-state index in [1.54, 1.807) is 49.6 Å². The summed E-state index contributed by atoms with van der Waals surface area (Å²) in [5.41, 5.74) is 2.16. The van der Waals surface area contributed by atoms with Gasteiger partial charge in [-0.1, -0.05) is 60.2 Å². The van der Waals surface area contributed by atoms with Crippen LogP contribution in [0.3, 0.4) is 0 Å². The molecule has 0 aliphatic carbocycles. The highest BCUT2D eigenvalue weighted by Gasteiger charge is 2.36. The van der Waals surface area contributed by atoms with Crippen LogP contribution in [0.2, 0.25) is 0 Å². The van der Waals surface area contributed by atoms with Crippen LogP contribution in [0.5, 0.6) is 17.2 Å². The lowest BCUT2D eigenvalue weighted by atomic mass is 10.0. The molecule has 0 spiro atoms. The number of ether oxygens (including phenoxy) is 3. The van der Waals surface area contributed by atoms with Gasteiger partial charge in [0, 0.05) is 24.6 Å². The Morgan fingerprint density at radius 3 is 2.04 bits per heavy atom. The first kappa shape index (κ1) is 36.8. The number of carbonyl (C=O) groups excluding carboxylic acids is 2. The fraction of sp³-hybridized carbons (Fsp3) is 0.316. The Morgan fingerprint density at radius 2 is 1.43 bits per heavy atom. The summed E-state index contributed by atoms with van der Waals surface area (Å²) in [6, 6.07) is 26.8. The molecule has 4 aromatic rings. The molecule has 0 saturated carbocycles. The third kappa shape index (κ3) is 9.54. The standard InChI is InChI=1S/C38H45N3O7S/c1-27-16-18-30(19-17-27)41(49(44,45)32-20-21-34(47-6)35(24-32)48-7)26-36(42)40(25-29-14-11-15-31(22-29)46-5)33(37(43)39-38(2,3)4)23-28-12-9-8-10-13-28/h8-22,24,33H,23,25-26H2,1-7H3,(H,39,43). The van der Waals surface area contributed by atoms with E-state index < -0.39 is 34.1 Å². The molecule has 1 atom stereocenters. The molecule has 0 aromatic heterocycles. The Kier molecular flexibility index (Phi) is 12.0. The first-order valence-electron chi connectivity index (χ1n) is 15.9. The van der Waals surface area contributed by atoms with Crippen LogP contribution in [0.25, 0.3) is 0 Å². The summed E-state index contributed by atoms with van der Waals surface area (Å²) >= 11 is 0. The summed E-state index contributed by atoms with van der Waals surface area (Å²) in [4.78, 5) is 30.2. The first-order valence-corrected chi connectivity index (χ1v) is 17.3.